The van der Waals surface area contributed by atoms with E-state index in [0.29, 0.717) is 30.1 Å². The van der Waals surface area contributed by atoms with Gasteiger partial charge in [0.05, 0.1) is 16.8 Å². The summed E-state index contributed by atoms with van der Waals surface area (Å²) in [4.78, 5) is 30.5. The molecule has 2 N–H and O–H groups in total. The number of para-hydroxylation sites is 1. The van der Waals surface area contributed by atoms with Gasteiger partial charge in [0, 0.05) is 31.1 Å². The molecule has 154 valence electrons. The van der Waals surface area contributed by atoms with Gasteiger partial charge in [0.2, 0.25) is 5.91 Å². The standard InChI is InChI=1S/C22H21N3O4S/c26-17-12-25(22(28)21-24-15-3-1-2-4-19(15)30-21)10-9-18(17)29-14-7-5-13-6-8-20(27)23-16(13)11-14/h1-5,7,11,17-18,26H,6,8-10,12H2,(H,23,27)/t17-,18-/m1/s1. The van der Waals surface area contributed by atoms with Gasteiger partial charge in [-0.05, 0) is 30.2 Å². The number of piperidine rings is 1. The van der Waals surface area contributed by atoms with Gasteiger partial charge < -0.3 is 20.1 Å². The number of hydrogen-bond acceptors (Lipinski definition) is 6. The number of likely N-dealkylation sites (tertiary alicyclic amines) is 1. The maximum Gasteiger partial charge on any atom is 0.282 e. The molecule has 3 heterocycles. The Morgan fingerprint density at radius 2 is 2.10 bits per heavy atom. The van der Waals surface area contributed by atoms with Crippen LogP contribution in [0.5, 0.6) is 5.75 Å². The zero-order valence-electron chi connectivity index (χ0n) is 16.2. The fourth-order valence-electron chi connectivity index (χ4n) is 3.93. The predicted octanol–water partition coefficient (Wildman–Crippen LogP) is 2.84. The van der Waals surface area contributed by atoms with E-state index in [1.807, 2.05) is 36.4 Å². The highest BCUT2D eigenvalue weighted by molar-refractivity contribution is 7.20. The van der Waals surface area contributed by atoms with E-state index in [0.717, 1.165) is 27.9 Å². The van der Waals surface area contributed by atoms with Crippen molar-refractivity contribution in [1.82, 2.24) is 9.88 Å². The minimum atomic E-state index is -0.803. The largest absolute Gasteiger partial charge is 0.488 e. The van der Waals surface area contributed by atoms with E-state index in [1.165, 1.54) is 11.3 Å². The van der Waals surface area contributed by atoms with Crippen LogP contribution in [0.15, 0.2) is 42.5 Å². The summed E-state index contributed by atoms with van der Waals surface area (Å²) in [5, 5.41) is 13.9. The maximum atomic E-state index is 12.9. The second-order valence-corrected chi connectivity index (χ2v) is 8.65. The van der Waals surface area contributed by atoms with Crippen LogP contribution in [-0.4, -0.2) is 52.1 Å². The molecule has 2 aromatic carbocycles. The van der Waals surface area contributed by atoms with Gasteiger partial charge in [-0.15, -0.1) is 11.3 Å². The first-order chi connectivity index (χ1) is 14.6. The monoisotopic (exact) mass is 423 g/mol. The normalized spacial score (nSPS) is 21.2. The third kappa shape index (κ3) is 3.64. The van der Waals surface area contributed by atoms with Crippen molar-refractivity contribution in [2.75, 3.05) is 18.4 Å². The number of hydrogen-bond donors (Lipinski definition) is 2. The fourth-order valence-corrected chi connectivity index (χ4v) is 4.86. The number of benzene rings is 2. The third-order valence-corrected chi connectivity index (χ3v) is 6.57. The molecule has 0 aliphatic carbocycles. The van der Waals surface area contributed by atoms with Gasteiger partial charge in [-0.3, -0.25) is 9.59 Å². The van der Waals surface area contributed by atoms with Crippen molar-refractivity contribution in [2.24, 2.45) is 0 Å². The van der Waals surface area contributed by atoms with Crippen LogP contribution in [0.1, 0.15) is 28.2 Å². The summed E-state index contributed by atoms with van der Waals surface area (Å²) in [5.41, 5.74) is 2.66. The molecule has 0 spiro atoms. The van der Waals surface area contributed by atoms with Crippen molar-refractivity contribution < 1.29 is 19.4 Å². The van der Waals surface area contributed by atoms with Crippen LogP contribution in [-0.2, 0) is 11.2 Å². The number of β-amino-alcohol motifs (C(OH)–C–C–N with tert-alkyl or cyclic N) is 1. The highest BCUT2D eigenvalue weighted by Crippen LogP contribution is 2.29. The zero-order chi connectivity index (χ0) is 20.7. The van der Waals surface area contributed by atoms with Gasteiger partial charge in [-0.1, -0.05) is 18.2 Å². The Balaban J connectivity index is 1.25. The van der Waals surface area contributed by atoms with Gasteiger partial charge in [0.25, 0.3) is 5.91 Å². The number of fused-ring (bicyclic) bond motifs is 2. The molecule has 7 nitrogen and oxygen atoms in total. The van der Waals surface area contributed by atoms with E-state index in [9.17, 15) is 14.7 Å². The first kappa shape index (κ1) is 19.0. The molecule has 0 unspecified atom stereocenters. The molecule has 1 aromatic heterocycles. The summed E-state index contributed by atoms with van der Waals surface area (Å²) in [6.45, 7) is 0.680. The minimum Gasteiger partial charge on any atom is -0.488 e. The van der Waals surface area contributed by atoms with Crippen LogP contribution >= 0.6 is 11.3 Å². The number of carbonyl (C=O) groups is 2. The molecule has 1 saturated heterocycles. The van der Waals surface area contributed by atoms with Crippen molar-refractivity contribution in [3.63, 3.8) is 0 Å². The van der Waals surface area contributed by atoms with Crippen molar-refractivity contribution in [3.05, 3.63) is 53.0 Å². The summed E-state index contributed by atoms with van der Waals surface area (Å²) in [7, 11) is 0. The topological polar surface area (TPSA) is 91.8 Å². The average Bonchev–Trinajstić information content (AvgIpc) is 3.18. The number of nitrogens with one attached hydrogen (secondary N) is 1. The third-order valence-electron chi connectivity index (χ3n) is 5.55. The van der Waals surface area contributed by atoms with Crippen LogP contribution in [0.2, 0.25) is 0 Å². The highest BCUT2D eigenvalue weighted by atomic mass is 32.1. The number of amides is 2. The quantitative estimate of drug-likeness (QED) is 0.676. The summed E-state index contributed by atoms with van der Waals surface area (Å²) >= 11 is 1.37. The number of nitrogens with zero attached hydrogens (tertiary/aromatic N) is 2. The Kier molecular flexibility index (Phi) is 4.88. The molecular weight excluding hydrogens is 402 g/mol. The van der Waals surface area contributed by atoms with Gasteiger partial charge in [-0.2, -0.15) is 0 Å². The van der Waals surface area contributed by atoms with E-state index in [-0.39, 0.29) is 18.4 Å². The second kappa shape index (κ2) is 7.70. The number of thiazole rings is 1. The van der Waals surface area contributed by atoms with Crippen LogP contribution < -0.4 is 10.1 Å². The second-order valence-electron chi connectivity index (χ2n) is 7.62. The number of ether oxygens (including phenoxy) is 1. The van der Waals surface area contributed by atoms with Crippen LogP contribution in [0.4, 0.5) is 5.69 Å². The molecule has 8 heteroatoms. The van der Waals surface area contributed by atoms with Gasteiger partial charge in [0.1, 0.15) is 18.0 Å². The molecule has 5 rings (SSSR count). The van der Waals surface area contributed by atoms with E-state index in [2.05, 4.69) is 10.3 Å². The molecule has 1 fully saturated rings. The van der Waals surface area contributed by atoms with Gasteiger partial charge in [-0.25, -0.2) is 4.98 Å². The Bertz CT molecular complexity index is 1100. The summed E-state index contributed by atoms with van der Waals surface area (Å²) in [6, 6.07) is 13.3. The Morgan fingerprint density at radius 1 is 1.23 bits per heavy atom. The van der Waals surface area contributed by atoms with Crippen LogP contribution in [0, 0.1) is 0 Å². The predicted molar refractivity (Wildman–Crippen MR) is 114 cm³/mol. The van der Waals surface area contributed by atoms with Crippen molar-refractivity contribution in [2.45, 2.75) is 31.5 Å². The summed E-state index contributed by atoms with van der Waals surface area (Å²) in [5.74, 6) is 0.442. The lowest BCUT2D eigenvalue weighted by Crippen LogP contribution is -2.51. The molecular formula is C22H21N3O4S. The molecule has 2 atom stereocenters. The van der Waals surface area contributed by atoms with Crippen molar-refractivity contribution in [1.29, 1.82) is 0 Å². The Hall–Kier alpha value is -2.97. The SMILES string of the molecule is O=C1CCc2ccc(O[C@@H]3CCN(C(=O)c4nc5ccccc5s4)C[C@H]3O)cc2N1. The van der Waals surface area contributed by atoms with Gasteiger partial charge >= 0.3 is 0 Å². The molecule has 2 amide bonds. The van der Waals surface area contributed by atoms with Crippen LogP contribution in [0.3, 0.4) is 0 Å². The average molecular weight is 423 g/mol. The molecule has 30 heavy (non-hydrogen) atoms. The lowest BCUT2D eigenvalue weighted by Gasteiger charge is -2.35. The first-order valence-electron chi connectivity index (χ1n) is 9.99. The van der Waals surface area contributed by atoms with E-state index in [1.54, 1.807) is 11.0 Å². The van der Waals surface area contributed by atoms with Crippen molar-refractivity contribution >= 4 is 39.1 Å². The number of aromatic nitrogens is 1. The fraction of sp³-hybridized carbons (Fsp3) is 0.318. The van der Waals surface area contributed by atoms with E-state index in [4.69, 9.17) is 4.74 Å². The first-order valence-corrected chi connectivity index (χ1v) is 10.8. The Morgan fingerprint density at radius 3 is 2.93 bits per heavy atom. The number of rotatable bonds is 3. The molecule has 2 aliphatic heterocycles. The summed E-state index contributed by atoms with van der Waals surface area (Å²) in [6.07, 6.45) is 0.509. The molecule has 0 saturated carbocycles. The van der Waals surface area contributed by atoms with Crippen LogP contribution in [0.25, 0.3) is 10.2 Å². The number of aryl methyl sites for hydroxylation is 1. The van der Waals surface area contributed by atoms with E-state index >= 15 is 0 Å². The lowest BCUT2D eigenvalue weighted by atomic mass is 10.0. The smallest absolute Gasteiger partial charge is 0.282 e. The van der Waals surface area contributed by atoms with Crippen molar-refractivity contribution in [3.8, 4) is 5.75 Å². The van der Waals surface area contributed by atoms with Gasteiger partial charge in [0.15, 0.2) is 5.01 Å². The Labute approximate surface area is 177 Å². The summed E-state index contributed by atoms with van der Waals surface area (Å²) < 4.78 is 6.97. The number of aliphatic hydroxyl groups excluding tert-OH is 1. The molecule has 0 bridgehead atoms. The molecule has 3 aromatic rings. The number of aliphatic hydroxyl groups is 1. The number of carbonyl (C=O) groups excluding carboxylic acids is 2. The lowest BCUT2D eigenvalue weighted by molar-refractivity contribution is -0.116. The minimum absolute atomic E-state index is 0.00125. The zero-order valence-corrected chi connectivity index (χ0v) is 17.0. The highest BCUT2D eigenvalue weighted by Gasteiger charge is 2.33. The van der Waals surface area contributed by atoms with E-state index < -0.39 is 12.2 Å². The number of anilines is 1. The molecule has 0 radical (unpaired) electrons. The molecule has 2 aliphatic rings. The maximum absolute atomic E-state index is 12.9.